The van der Waals surface area contributed by atoms with Gasteiger partial charge in [-0.2, -0.15) is 13.0 Å². The third kappa shape index (κ3) is 5.33. The van der Waals surface area contributed by atoms with E-state index >= 15 is 0 Å². The maximum Gasteiger partial charge on any atom is 0.298 e. The van der Waals surface area contributed by atoms with E-state index < -0.39 is 22.1 Å². The van der Waals surface area contributed by atoms with E-state index in [2.05, 4.69) is 46.7 Å². The summed E-state index contributed by atoms with van der Waals surface area (Å²) < 4.78 is 42.6. The van der Waals surface area contributed by atoms with Crippen LogP contribution < -0.4 is 20.1 Å². The molecule has 1 unspecified atom stereocenters. The molecule has 0 radical (unpaired) electrons. The number of quaternary nitrogens is 1. The minimum atomic E-state index is -4.53. The Balaban J connectivity index is 1.63. The zero-order valence-electron chi connectivity index (χ0n) is 24.1. The van der Waals surface area contributed by atoms with Gasteiger partial charge in [-0.05, 0) is 73.1 Å². The fraction of sp³-hybridized carbons (Fsp3) is 0.294. The molecule has 8 nitrogen and oxygen atoms in total. The van der Waals surface area contributed by atoms with E-state index in [0.717, 1.165) is 76.9 Å². The number of aliphatic carboxylic acids is 1. The summed E-state index contributed by atoms with van der Waals surface area (Å²) in [6, 6.07) is 21.1. The van der Waals surface area contributed by atoms with Crippen molar-refractivity contribution >= 4 is 16.1 Å². The van der Waals surface area contributed by atoms with Gasteiger partial charge in [0, 0.05) is 40.7 Å². The second-order valence-corrected chi connectivity index (χ2v) is 12.7. The third-order valence-corrected chi connectivity index (χ3v) is 9.67. The molecule has 0 amide bonds. The third-order valence-electron chi connectivity index (χ3n) is 8.80. The lowest BCUT2D eigenvalue weighted by Gasteiger charge is -2.28. The number of carboxylic acid groups (broad SMARTS) is 1. The largest absolute Gasteiger partial charge is 0.544 e. The van der Waals surface area contributed by atoms with Gasteiger partial charge in [0.2, 0.25) is 11.4 Å². The number of aromatic nitrogens is 1. The van der Waals surface area contributed by atoms with Crippen molar-refractivity contribution in [3.63, 3.8) is 0 Å². The van der Waals surface area contributed by atoms with Gasteiger partial charge >= 0.3 is 0 Å². The number of hydrogen-bond donors (Lipinski definition) is 2. The van der Waals surface area contributed by atoms with Crippen molar-refractivity contribution in [2.75, 3.05) is 7.11 Å². The fourth-order valence-corrected chi connectivity index (χ4v) is 7.48. The lowest BCUT2D eigenvalue weighted by Crippen LogP contribution is -2.68. The van der Waals surface area contributed by atoms with Gasteiger partial charge in [-0.3, -0.25) is 4.55 Å². The number of unbranched alkanes of at least 4 members (excludes halogenated alkanes) is 1. The molecule has 4 N–H and O–H groups in total. The van der Waals surface area contributed by atoms with Gasteiger partial charge in [-0.25, -0.2) is 0 Å². The van der Waals surface area contributed by atoms with E-state index in [4.69, 9.17) is 4.74 Å². The topological polar surface area (TPSA) is 135 Å². The molecule has 1 atom stereocenters. The number of pyridine rings is 1. The predicted octanol–water partition coefficient (Wildman–Crippen LogP) is 2.96. The first-order valence-corrected chi connectivity index (χ1v) is 16.1. The summed E-state index contributed by atoms with van der Waals surface area (Å²) in [5, 5.41) is 11.3. The average Bonchev–Trinajstić information content (AvgIpc) is 3.01. The van der Waals surface area contributed by atoms with Crippen LogP contribution in [0.4, 0.5) is 0 Å². The number of carbonyl (C=O) groups is 1. The molecule has 0 saturated heterocycles. The predicted molar refractivity (Wildman–Crippen MR) is 160 cm³/mol. The van der Waals surface area contributed by atoms with Crippen molar-refractivity contribution in [1.82, 2.24) is 0 Å². The Hall–Kier alpha value is -4.05. The first kappa shape index (κ1) is 29.0. The van der Waals surface area contributed by atoms with Crippen LogP contribution >= 0.6 is 0 Å². The minimum Gasteiger partial charge on any atom is -0.544 e. The zero-order valence-corrected chi connectivity index (χ0v) is 25.0. The molecule has 0 fully saturated rings. The van der Waals surface area contributed by atoms with Crippen LogP contribution in [0, 0.1) is 0 Å². The van der Waals surface area contributed by atoms with Crippen molar-refractivity contribution in [2.24, 2.45) is 0 Å². The summed E-state index contributed by atoms with van der Waals surface area (Å²) in [5.74, 6) is -1.03. The second-order valence-electron chi connectivity index (χ2n) is 11.3. The molecule has 9 heteroatoms. The number of ether oxygens (including phenoxy) is 1. The molecule has 1 aromatic heterocycles. The van der Waals surface area contributed by atoms with Crippen molar-refractivity contribution in [2.45, 2.75) is 62.4 Å². The van der Waals surface area contributed by atoms with E-state index in [1.807, 2.05) is 18.2 Å². The Morgan fingerprint density at radius 2 is 1.51 bits per heavy atom. The van der Waals surface area contributed by atoms with Gasteiger partial charge in [0.25, 0.3) is 10.1 Å². The normalized spacial score (nSPS) is 14.2. The lowest BCUT2D eigenvalue weighted by molar-refractivity contribution is -0.676. The molecule has 0 aliphatic heterocycles. The maximum atomic E-state index is 12.4. The highest BCUT2D eigenvalue weighted by atomic mass is 32.2. The lowest BCUT2D eigenvalue weighted by atomic mass is 9.77. The highest BCUT2D eigenvalue weighted by Crippen LogP contribution is 2.45. The summed E-state index contributed by atoms with van der Waals surface area (Å²) >= 11 is 0. The number of carbonyl (C=O) groups excluding carboxylic acids is 1. The van der Waals surface area contributed by atoms with Gasteiger partial charge < -0.3 is 20.4 Å². The SMILES string of the molecule is COc1ccc(-c2c3c([n+](CCCCC([NH3+])C(=O)[O-])c4c2CCc2ccccc2-4)-c2ccccc2CC3)cc1S(=O)(=O)O. The number of benzene rings is 3. The molecule has 2 aliphatic carbocycles. The summed E-state index contributed by atoms with van der Waals surface area (Å²) in [6.07, 6.45) is 5.15. The number of aryl methyl sites for hydroxylation is 2. The van der Waals surface area contributed by atoms with Gasteiger partial charge in [-0.1, -0.05) is 42.5 Å². The van der Waals surface area contributed by atoms with E-state index in [1.54, 1.807) is 6.07 Å². The summed E-state index contributed by atoms with van der Waals surface area (Å²) in [6.45, 7) is 0.687. The summed E-state index contributed by atoms with van der Waals surface area (Å²) in [7, 11) is -3.15. The zero-order chi connectivity index (χ0) is 30.3. The highest BCUT2D eigenvalue weighted by Gasteiger charge is 2.38. The number of rotatable bonds is 9. The Morgan fingerprint density at radius 1 is 0.930 bits per heavy atom. The summed E-state index contributed by atoms with van der Waals surface area (Å²) in [5.41, 5.74) is 14.7. The Labute approximate surface area is 251 Å². The van der Waals surface area contributed by atoms with Crippen LogP contribution in [0.2, 0.25) is 0 Å². The fourth-order valence-electron chi connectivity index (χ4n) is 6.80. The smallest absolute Gasteiger partial charge is 0.298 e. The second kappa shape index (κ2) is 11.6. The first-order valence-electron chi connectivity index (χ1n) is 14.7. The van der Waals surface area contributed by atoms with Gasteiger partial charge in [0.1, 0.15) is 23.2 Å². The Kier molecular flexibility index (Phi) is 7.81. The number of methoxy groups -OCH3 is 1. The van der Waals surface area contributed by atoms with Gasteiger partial charge in [0.15, 0.2) is 0 Å². The molecule has 43 heavy (non-hydrogen) atoms. The van der Waals surface area contributed by atoms with Crippen molar-refractivity contribution in [3.05, 3.63) is 89.0 Å². The molecule has 2 aliphatic rings. The van der Waals surface area contributed by atoms with Crippen LogP contribution in [0.25, 0.3) is 33.6 Å². The van der Waals surface area contributed by atoms with Crippen LogP contribution in [0.15, 0.2) is 71.6 Å². The molecule has 6 rings (SSSR count). The molecule has 0 spiro atoms. The summed E-state index contributed by atoms with van der Waals surface area (Å²) in [4.78, 5) is 11.0. The molecule has 0 saturated carbocycles. The van der Waals surface area contributed by atoms with E-state index in [0.29, 0.717) is 19.4 Å². The van der Waals surface area contributed by atoms with Crippen molar-refractivity contribution < 1.29 is 37.9 Å². The van der Waals surface area contributed by atoms with Crippen LogP contribution in [0.3, 0.4) is 0 Å². The average molecular weight is 600 g/mol. The number of carboxylic acids is 1. The molecular formula is C34H35N2O6S+. The number of fused-ring (bicyclic) bond motifs is 6. The van der Waals surface area contributed by atoms with Crippen LogP contribution in [-0.4, -0.2) is 32.1 Å². The molecule has 3 aromatic carbocycles. The molecule has 222 valence electrons. The number of nitrogens with zero attached hydrogens (tertiary/aromatic N) is 1. The van der Waals surface area contributed by atoms with E-state index in [-0.39, 0.29) is 10.6 Å². The molecule has 0 bridgehead atoms. The van der Waals surface area contributed by atoms with Crippen LogP contribution in [0.1, 0.15) is 41.5 Å². The Bertz CT molecular complexity index is 1770. The number of hydrogen-bond acceptors (Lipinski definition) is 5. The Morgan fingerprint density at radius 3 is 2.05 bits per heavy atom. The van der Waals surface area contributed by atoms with E-state index in [9.17, 15) is 22.9 Å². The molecule has 1 heterocycles. The molecule has 4 aromatic rings. The minimum absolute atomic E-state index is 0.0935. The monoisotopic (exact) mass is 599 g/mol. The maximum absolute atomic E-state index is 12.4. The van der Waals surface area contributed by atoms with Crippen molar-refractivity contribution in [3.8, 4) is 39.4 Å². The van der Waals surface area contributed by atoms with Crippen LogP contribution in [-0.2, 0) is 47.1 Å². The highest BCUT2D eigenvalue weighted by molar-refractivity contribution is 7.86. The van der Waals surface area contributed by atoms with Gasteiger partial charge in [-0.15, -0.1) is 0 Å². The first-order chi connectivity index (χ1) is 20.7. The standard InChI is InChI=1S/C34H34N2O6S/c1-42-29-18-15-23(20-30(29)43(39,40)41)31-26-16-13-21-8-2-4-10-24(21)32(26)36(19-7-6-12-28(35)34(37)38)33-25-11-5-3-9-22(25)14-17-27(31)33/h2-5,8-11,15,18,20,28H,6-7,12-14,16-17,19,35H2,1H3,(H-,37,38,39,40,41)/p+1. The van der Waals surface area contributed by atoms with Gasteiger partial charge in [0.05, 0.1) is 13.1 Å². The van der Waals surface area contributed by atoms with E-state index in [1.165, 1.54) is 24.3 Å². The quantitative estimate of drug-likeness (QED) is 0.173. The molecular weight excluding hydrogens is 564 g/mol. The van der Waals surface area contributed by atoms with Crippen LogP contribution in [0.5, 0.6) is 5.75 Å². The van der Waals surface area contributed by atoms with Crippen molar-refractivity contribution in [1.29, 1.82) is 0 Å².